The first-order valence-electron chi connectivity index (χ1n) is 11.7. The molecule has 4 heterocycles. The van der Waals surface area contributed by atoms with Gasteiger partial charge >= 0.3 is 5.69 Å². The van der Waals surface area contributed by atoms with E-state index in [1.807, 2.05) is 15.2 Å². The van der Waals surface area contributed by atoms with Crippen molar-refractivity contribution in [2.45, 2.75) is 38.8 Å². The van der Waals surface area contributed by atoms with Crippen molar-refractivity contribution in [3.63, 3.8) is 0 Å². The maximum Gasteiger partial charge on any atom is 0.329 e. The number of morpholine rings is 1. The van der Waals surface area contributed by atoms with Gasteiger partial charge in [0.1, 0.15) is 5.65 Å². The quantitative estimate of drug-likeness (QED) is 0.485. The molecule has 1 aliphatic heterocycles. The Hall–Kier alpha value is -3.10. The summed E-state index contributed by atoms with van der Waals surface area (Å²) < 4.78 is 10.9. The summed E-state index contributed by atoms with van der Waals surface area (Å²) in [6.07, 6.45) is 9.73. The van der Waals surface area contributed by atoms with Gasteiger partial charge in [-0.3, -0.25) is 18.3 Å². The second-order valence-corrected chi connectivity index (χ2v) is 9.08. The number of pyridine rings is 1. The average molecular weight is 482 g/mol. The molecule has 1 saturated carbocycles. The molecule has 0 unspecified atom stereocenters. The number of carbonyl (C=O) groups excluding carboxylic acids is 1. The molecule has 5 rings (SSSR count). The number of hydrogen-bond donors (Lipinski definition) is 0. The zero-order chi connectivity index (χ0) is 23.8. The molecular formula is C25H28ClN5O3. The molecule has 3 aromatic rings. The third-order valence-electron chi connectivity index (χ3n) is 6.47. The van der Waals surface area contributed by atoms with E-state index in [9.17, 15) is 9.59 Å². The molecule has 2 fully saturated rings. The number of fused-ring (bicyclic) bond motifs is 1. The molecule has 0 spiro atoms. The minimum atomic E-state index is -0.0738. The van der Waals surface area contributed by atoms with Gasteiger partial charge in [-0.25, -0.2) is 9.78 Å². The first-order valence-corrected chi connectivity index (χ1v) is 12.1. The number of imidazole rings is 2. The number of rotatable bonds is 7. The zero-order valence-corrected chi connectivity index (χ0v) is 20.0. The van der Waals surface area contributed by atoms with E-state index in [0.29, 0.717) is 42.7 Å². The lowest BCUT2D eigenvalue weighted by Crippen LogP contribution is -2.39. The van der Waals surface area contributed by atoms with Gasteiger partial charge in [-0.05, 0) is 37.5 Å². The summed E-state index contributed by atoms with van der Waals surface area (Å²) in [6, 6.07) is 3.82. The number of amides is 1. The van der Waals surface area contributed by atoms with Crippen LogP contribution in [0.3, 0.4) is 0 Å². The van der Waals surface area contributed by atoms with E-state index < -0.39 is 0 Å². The van der Waals surface area contributed by atoms with Crippen LogP contribution >= 0.6 is 11.6 Å². The van der Waals surface area contributed by atoms with E-state index in [1.165, 1.54) is 0 Å². The highest BCUT2D eigenvalue weighted by molar-refractivity contribution is 6.30. The fraction of sp³-hybridized carbons (Fsp3) is 0.400. The van der Waals surface area contributed by atoms with Crippen LogP contribution in [0.15, 0.2) is 35.8 Å². The Morgan fingerprint density at radius 2 is 2.06 bits per heavy atom. The highest BCUT2D eigenvalue weighted by Gasteiger charge is 2.30. The van der Waals surface area contributed by atoms with Crippen LogP contribution in [0.4, 0.5) is 0 Å². The lowest BCUT2D eigenvalue weighted by molar-refractivity contribution is -0.129. The number of carbonyl (C=O) groups is 1. The molecule has 0 aromatic carbocycles. The van der Waals surface area contributed by atoms with Gasteiger partial charge in [0.05, 0.1) is 36.8 Å². The van der Waals surface area contributed by atoms with E-state index >= 15 is 0 Å². The zero-order valence-electron chi connectivity index (χ0n) is 19.2. The van der Waals surface area contributed by atoms with Crippen LogP contribution < -0.4 is 5.69 Å². The molecule has 2 aliphatic rings. The number of ether oxygens (including phenoxy) is 1. The van der Waals surface area contributed by atoms with E-state index in [0.717, 1.165) is 36.3 Å². The van der Waals surface area contributed by atoms with Gasteiger partial charge in [0.15, 0.2) is 0 Å². The van der Waals surface area contributed by atoms with Crippen LogP contribution in [0.25, 0.3) is 17.8 Å². The number of halogens is 1. The first kappa shape index (κ1) is 22.7. The van der Waals surface area contributed by atoms with Gasteiger partial charge in [-0.1, -0.05) is 25.1 Å². The molecule has 1 saturated heterocycles. The Kier molecular flexibility index (Phi) is 6.18. The molecule has 0 N–H and O–H groups in total. The van der Waals surface area contributed by atoms with Gasteiger partial charge in [0.2, 0.25) is 5.91 Å². The lowest BCUT2D eigenvalue weighted by Gasteiger charge is -2.25. The maximum atomic E-state index is 13.4. The van der Waals surface area contributed by atoms with Crippen molar-refractivity contribution in [2.75, 3.05) is 26.3 Å². The van der Waals surface area contributed by atoms with Crippen LogP contribution in [0.2, 0.25) is 5.02 Å². The van der Waals surface area contributed by atoms with Crippen LogP contribution in [0, 0.1) is 0 Å². The summed E-state index contributed by atoms with van der Waals surface area (Å²) in [5, 5.41) is 0.570. The Balaban J connectivity index is 1.56. The summed E-state index contributed by atoms with van der Waals surface area (Å²) in [5.41, 5.74) is 3.89. The van der Waals surface area contributed by atoms with Crippen molar-refractivity contribution in [2.24, 2.45) is 0 Å². The molecule has 3 aromatic heterocycles. The minimum Gasteiger partial charge on any atom is -0.378 e. The molecule has 178 valence electrons. The highest BCUT2D eigenvalue weighted by atomic mass is 35.5. The van der Waals surface area contributed by atoms with Crippen molar-refractivity contribution < 1.29 is 9.53 Å². The topological polar surface area (TPSA) is 73.8 Å². The lowest BCUT2D eigenvalue weighted by atomic mass is 10.2. The smallest absolute Gasteiger partial charge is 0.329 e. The first-order chi connectivity index (χ1) is 16.5. The van der Waals surface area contributed by atoms with Crippen LogP contribution in [0.1, 0.15) is 48.6 Å². The SMILES string of the molecule is C=Cc1c(CC)n(C2CC2)c(=O)n1Cc1nc2cc(Cl)ccn2c1/C=C/C(=O)N1CCOCC1. The summed E-state index contributed by atoms with van der Waals surface area (Å²) in [5.74, 6) is -0.0738. The van der Waals surface area contributed by atoms with E-state index in [-0.39, 0.29) is 24.2 Å². The number of nitrogens with zero attached hydrogens (tertiary/aromatic N) is 5. The van der Waals surface area contributed by atoms with Crippen LogP contribution in [-0.4, -0.2) is 55.6 Å². The predicted octanol–water partition coefficient (Wildman–Crippen LogP) is 3.41. The molecule has 1 aliphatic carbocycles. The van der Waals surface area contributed by atoms with Crippen molar-refractivity contribution >= 4 is 35.3 Å². The largest absolute Gasteiger partial charge is 0.378 e. The van der Waals surface area contributed by atoms with E-state index in [1.54, 1.807) is 39.8 Å². The predicted molar refractivity (Wildman–Crippen MR) is 132 cm³/mol. The number of aromatic nitrogens is 4. The van der Waals surface area contributed by atoms with Crippen LogP contribution in [0.5, 0.6) is 0 Å². The summed E-state index contributed by atoms with van der Waals surface area (Å²) >= 11 is 6.21. The van der Waals surface area contributed by atoms with E-state index in [4.69, 9.17) is 21.3 Å². The molecule has 0 bridgehead atoms. The Morgan fingerprint density at radius 1 is 1.29 bits per heavy atom. The summed E-state index contributed by atoms with van der Waals surface area (Å²) in [6.45, 7) is 8.55. The Labute approximate surface area is 202 Å². The van der Waals surface area contributed by atoms with Crippen molar-refractivity contribution in [3.8, 4) is 0 Å². The third kappa shape index (κ3) is 4.12. The van der Waals surface area contributed by atoms with Gasteiger partial charge < -0.3 is 9.64 Å². The molecule has 0 atom stereocenters. The Morgan fingerprint density at radius 3 is 2.74 bits per heavy atom. The normalized spacial score (nSPS) is 16.6. The monoisotopic (exact) mass is 481 g/mol. The van der Waals surface area contributed by atoms with Gasteiger partial charge in [-0.2, -0.15) is 0 Å². The second kappa shape index (κ2) is 9.27. The van der Waals surface area contributed by atoms with Crippen molar-refractivity contribution in [3.05, 3.63) is 69.3 Å². The maximum absolute atomic E-state index is 13.4. The van der Waals surface area contributed by atoms with Gasteiger partial charge in [-0.15, -0.1) is 0 Å². The fourth-order valence-corrected chi connectivity index (χ4v) is 4.79. The fourth-order valence-electron chi connectivity index (χ4n) is 4.64. The molecule has 1 amide bonds. The molecule has 8 nitrogen and oxygen atoms in total. The summed E-state index contributed by atoms with van der Waals surface area (Å²) in [4.78, 5) is 32.7. The standard InChI is InChI=1S/C25H28ClN5O3/c1-3-20-21(4-2)31(18-5-6-18)25(33)30(20)16-19-22(29-10-9-17(26)15-23(29)27-19)7-8-24(32)28-11-13-34-14-12-28/h3,7-10,15,18H,1,4-6,11-14,16H2,2H3/b8-7+. The Bertz CT molecular complexity index is 1340. The third-order valence-corrected chi connectivity index (χ3v) is 6.71. The summed E-state index contributed by atoms with van der Waals surface area (Å²) in [7, 11) is 0. The highest BCUT2D eigenvalue weighted by Crippen LogP contribution is 2.36. The van der Waals surface area contributed by atoms with Crippen molar-refractivity contribution in [1.29, 1.82) is 0 Å². The molecule has 34 heavy (non-hydrogen) atoms. The van der Waals surface area contributed by atoms with Crippen molar-refractivity contribution in [1.82, 2.24) is 23.4 Å². The average Bonchev–Trinajstić information content (AvgIpc) is 3.57. The van der Waals surface area contributed by atoms with Gasteiger partial charge in [0, 0.05) is 48.2 Å². The second-order valence-electron chi connectivity index (χ2n) is 8.65. The van der Waals surface area contributed by atoms with Crippen LogP contribution in [-0.2, 0) is 22.5 Å². The van der Waals surface area contributed by atoms with E-state index in [2.05, 4.69) is 13.5 Å². The number of hydrogen-bond acceptors (Lipinski definition) is 4. The molecular weight excluding hydrogens is 454 g/mol. The molecule has 9 heteroatoms. The molecule has 0 radical (unpaired) electrons. The minimum absolute atomic E-state index is 0.0383. The van der Waals surface area contributed by atoms with Gasteiger partial charge in [0.25, 0.3) is 0 Å².